The average Bonchev–Trinajstić information content (AvgIpc) is 2.84. The SMILES string of the molecule is FC(F)(Cl)C(F)(Cl)C(F)(F)C(F)(F)CC1CO1. The van der Waals surface area contributed by atoms with Crippen molar-refractivity contribution in [2.24, 2.45) is 0 Å². The van der Waals surface area contributed by atoms with Crippen molar-refractivity contribution in [2.45, 2.75) is 34.9 Å². The number of hydrogen-bond donors (Lipinski definition) is 0. The first-order valence-electron chi connectivity index (χ1n) is 4.15. The molecule has 2 atom stereocenters. The Morgan fingerprint density at radius 1 is 1.00 bits per heavy atom. The number of hydrogen-bond acceptors (Lipinski definition) is 1. The molecule has 0 saturated carbocycles. The van der Waals surface area contributed by atoms with Crippen LogP contribution in [-0.2, 0) is 4.74 Å². The zero-order valence-electron chi connectivity index (χ0n) is 7.80. The highest BCUT2D eigenvalue weighted by Crippen LogP contribution is 2.56. The van der Waals surface area contributed by atoms with E-state index in [1.54, 1.807) is 0 Å². The molecule has 2 unspecified atom stereocenters. The van der Waals surface area contributed by atoms with E-state index in [1.165, 1.54) is 0 Å². The second-order valence-corrected chi connectivity index (χ2v) is 4.51. The summed E-state index contributed by atoms with van der Waals surface area (Å²) in [4.78, 5) is 0. The van der Waals surface area contributed by atoms with E-state index in [0.29, 0.717) is 0 Å². The Hall–Kier alpha value is 0.0500. The van der Waals surface area contributed by atoms with Gasteiger partial charge in [0.1, 0.15) is 0 Å². The molecule has 17 heavy (non-hydrogen) atoms. The summed E-state index contributed by atoms with van der Waals surface area (Å²) in [6.45, 7) is -0.232. The number of halogens is 9. The minimum absolute atomic E-state index is 0.232. The summed E-state index contributed by atoms with van der Waals surface area (Å²) in [6.07, 6.45) is -2.85. The minimum Gasteiger partial charge on any atom is -0.373 e. The van der Waals surface area contributed by atoms with Crippen LogP contribution in [0.25, 0.3) is 0 Å². The molecule has 1 aliphatic heterocycles. The van der Waals surface area contributed by atoms with Crippen LogP contribution in [0.2, 0.25) is 0 Å². The summed E-state index contributed by atoms with van der Waals surface area (Å²) < 4.78 is 93.7. The van der Waals surface area contributed by atoms with Gasteiger partial charge in [0.05, 0.1) is 12.7 Å². The molecule has 0 amide bonds. The molecule has 0 aliphatic carbocycles. The quantitative estimate of drug-likeness (QED) is 0.428. The van der Waals surface area contributed by atoms with Crippen molar-refractivity contribution in [1.82, 2.24) is 0 Å². The monoisotopic (exact) mass is 308 g/mol. The molecule has 0 aromatic rings. The van der Waals surface area contributed by atoms with Gasteiger partial charge in [-0.05, 0) is 11.6 Å². The predicted molar refractivity (Wildman–Crippen MR) is 44.7 cm³/mol. The van der Waals surface area contributed by atoms with Crippen LogP contribution in [-0.4, -0.2) is 35.1 Å². The summed E-state index contributed by atoms with van der Waals surface area (Å²) in [7, 11) is 0. The second kappa shape index (κ2) is 4.03. The Bertz CT molecular complexity index is 297. The predicted octanol–water partition coefficient (Wildman–Crippen LogP) is 3.78. The summed E-state index contributed by atoms with van der Waals surface area (Å²) in [5.41, 5.74) is 0. The molecular formula is C7H5Cl2F7O. The zero-order valence-corrected chi connectivity index (χ0v) is 9.31. The van der Waals surface area contributed by atoms with E-state index in [9.17, 15) is 30.7 Å². The van der Waals surface area contributed by atoms with Gasteiger partial charge in [0.2, 0.25) is 0 Å². The van der Waals surface area contributed by atoms with Gasteiger partial charge in [0, 0.05) is 6.42 Å². The second-order valence-electron chi connectivity index (χ2n) is 3.51. The Morgan fingerprint density at radius 2 is 1.41 bits per heavy atom. The van der Waals surface area contributed by atoms with E-state index in [2.05, 4.69) is 27.9 Å². The fraction of sp³-hybridized carbons (Fsp3) is 1.00. The summed E-state index contributed by atoms with van der Waals surface area (Å²) in [6, 6.07) is 0. The Labute approximate surface area is 101 Å². The van der Waals surface area contributed by atoms with Crippen LogP contribution in [0.1, 0.15) is 6.42 Å². The van der Waals surface area contributed by atoms with E-state index in [4.69, 9.17) is 0 Å². The van der Waals surface area contributed by atoms with Crippen molar-refractivity contribution in [3.05, 3.63) is 0 Å². The van der Waals surface area contributed by atoms with E-state index in [1.807, 2.05) is 0 Å². The van der Waals surface area contributed by atoms with Gasteiger partial charge in [-0.1, -0.05) is 11.6 Å². The van der Waals surface area contributed by atoms with Gasteiger partial charge in [-0.25, -0.2) is 4.39 Å². The highest BCUT2D eigenvalue weighted by Gasteiger charge is 2.78. The lowest BCUT2D eigenvalue weighted by Gasteiger charge is -2.35. The van der Waals surface area contributed by atoms with Gasteiger partial charge in [-0.15, -0.1) is 0 Å². The Balaban J connectivity index is 2.98. The standard InChI is InChI=1S/C7H5Cl2F7O/c8-5(12,7(9,15)16)6(13,14)4(10,11)1-3-2-17-3/h3H,1-2H2. The van der Waals surface area contributed by atoms with Gasteiger partial charge in [-0.2, -0.15) is 26.3 Å². The van der Waals surface area contributed by atoms with Crippen molar-refractivity contribution in [3.8, 4) is 0 Å². The van der Waals surface area contributed by atoms with Crippen molar-refractivity contribution >= 4 is 23.2 Å². The molecule has 0 bridgehead atoms. The number of alkyl halides is 9. The third kappa shape index (κ3) is 2.58. The van der Waals surface area contributed by atoms with Gasteiger partial charge in [0.15, 0.2) is 0 Å². The molecule has 0 aromatic carbocycles. The summed E-state index contributed by atoms with van der Waals surface area (Å²) >= 11 is 8.16. The fourth-order valence-electron chi connectivity index (χ4n) is 1.01. The van der Waals surface area contributed by atoms with Crippen LogP contribution in [0.15, 0.2) is 0 Å². The third-order valence-corrected chi connectivity index (χ3v) is 2.93. The van der Waals surface area contributed by atoms with Crippen molar-refractivity contribution in [1.29, 1.82) is 0 Å². The molecule has 1 heterocycles. The lowest BCUT2D eigenvalue weighted by atomic mass is 10.0. The van der Waals surface area contributed by atoms with E-state index in [-0.39, 0.29) is 6.61 Å². The molecule has 0 aromatic heterocycles. The number of rotatable bonds is 5. The maximum Gasteiger partial charge on any atom is 0.375 e. The molecule has 1 nitrogen and oxygen atoms in total. The highest BCUT2D eigenvalue weighted by molar-refractivity contribution is 6.33. The molecule has 0 spiro atoms. The minimum atomic E-state index is -5.85. The van der Waals surface area contributed by atoms with E-state index >= 15 is 0 Å². The first kappa shape index (κ1) is 15.1. The van der Waals surface area contributed by atoms with Crippen LogP contribution in [0, 0.1) is 0 Å². The molecule has 10 heteroatoms. The van der Waals surface area contributed by atoms with E-state index < -0.39 is 34.9 Å². The fourth-order valence-corrected chi connectivity index (χ4v) is 1.26. The van der Waals surface area contributed by atoms with Crippen molar-refractivity contribution < 1.29 is 35.5 Å². The average molecular weight is 309 g/mol. The highest BCUT2D eigenvalue weighted by atomic mass is 35.5. The molecule has 1 aliphatic rings. The third-order valence-electron chi connectivity index (χ3n) is 2.10. The Morgan fingerprint density at radius 3 is 1.71 bits per heavy atom. The normalized spacial score (nSPS) is 25.6. The molecule has 102 valence electrons. The maximum absolute atomic E-state index is 13.0. The topological polar surface area (TPSA) is 12.5 Å². The first-order valence-corrected chi connectivity index (χ1v) is 4.90. The maximum atomic E-state index is 13.0. The lowest BCUT2D eigenvalue weighted by molar-refractivity contribution is -0.281. The van der Waals surface area contributed by atoms with Crippen molar-refractivity contribution in [3.63, 3.8) is 0 Å². The summed E-state index contributed by atoms with van der Waals surface area (Å²) in [5.74, 6) is -11.0. The molecule has 1 fully saturated rings. The zero-order chi connectivity index (χ0) is 13.7. The van der Waals surface area contributed by atoms with Crippen LogP contribution in [0.4, 0.5) is 30.7 Å². The smallest absolute Gasteiger partial charge is 0.373 e. The molecule has 1 rings (SSSR count). The van der Waals surface area contributed by atoms with Crippen LogP contribution >= 0.6 is 23.2 Å². The lowest BCUT2D eigenvalue weighted by Crippen LogP contribution is -2.60. The number of ether oxygens (including phenoxy) is 1. The molecule has 1 saturated heterocycles. The van der Waals surface area contributed by atoms with Crippen molar-refractivity contribution in [2.75, 3.05) is 6.61 Å². The van der Waals surface area contributed by atoms with Gasteiger partial charge < -0.3 is 4.74 Å². The van der Waals surface area contributed by atoms with Gasteiger partial charge in [0.25, 0.3) is 0 Å². The molecular weight excluding hydrogens is 304 g/mol. The number of epoxide rings is 1. The Kier molecular flexibility index (Phi) is 3.58. The van der Waals surface area contributed by atoms with Gasteiger partial charge in [-0.3, -0.25) is 0 Å². The van der Waals surface area contributed by atoms with Gasteiger partial charge >= 0.3 is 22.4 Å². The largest absolute Gasteiger partial charge is 0.375 e. The first-order chi connectivity index (χ1) is 7.33. The summed E-state index contributed by atoms with van der Waals surface area (Å²) in [5, 5.41) is -10.8. The van der Waals surface area contributed by atoms with E-state index in [0.717, 1.165) is 0 Å². The van der Waals surface area contributed by atoms with Crippen LogP contribution in [0.5, 0.6) is 0 Å². The molecule has 0 radical (unpaired) electrons. The molecule has 0 N–H and O–H groups in total. The van der Waals surface area contributed by atoms with Crippen LogP contribution < -0.4 is 0 Å². The van der Waals surface area contributed by atoms with Crippen LogP contribution in [0.3, 0.4) is 0 Å².